The van der Waals surface area contributed by atoms with E-state index in [0.29, 0.717) is 37.2 Å². The van der Waals surface area contributed by atoms with Crippen molar-refractivity contribution >= 4 is 26.5 Å². The monoisotopic (exact) mass is 446 g/mol. The SMILES string of the molecule is Cc1ccc(S(=O)(=O)N2CCC(Nc3nnc(Cc4ccc(F)cc4)s3)CC2)cc1. The minimum absolute atomic E-state index is 0.154. The molecule has 0 unspecified atom stereocenters. The van der Waals surface area contributed by atoms with Crippen LogP contribution < -0.4 is 5.32 Å². The van der Waals surface area contributed by atoms with E-state index in [4.69, 9.17) is 0 Å². The molecule has 1 aliphatic heterocycles. The van der Waals surface area contributed by atoms with Crippen molar-refractivity contribution in [2.24, 2.45) is 0 Å². The molecular formula is C21H23FN4O2S2. The zero-order chi connectivity index (χ0) is 21.1. The highest BCUT2D eigenvalue weighted by atomic mass is 32.2. The van der Waals surface area contributed by atoms with Crippen LogP contribution in [0.5, 0.6) is 0 Å². The van der Waals surface area contributed by atoms with Crippen molar-refractivity contribution in [3.8, 4) is 0 Å². The number of halogens is 1. The van der Waals surface area contributed by atoms with Gasteiger partial charge in [0.2, 0.25) is 15.2 Å². The smallest absolute Gasteiger partial charge is 0.243 e. The Morgan fingerprint density at radius 1 is 1.07 bits per heavy atom. The van der Waals surface area contributed by atoms with Gasteiger partial charge in [0.15, 0.2) is 0 Å². The normalized spacial score (nSPS) is 15.9. The van der Waals surface area contributed by atoms with Crippen LogP contribution in [0.2, 0.25) is 0 Å². The van der Waals surface area contributed by atoms with Crippen molar-refractivity contribution in [1.82, 2.24) is 14.5 Å². The number of aryl methyl sites for hydroxylation is 1. The van der Waals surface area contributed by atoms with E-state index < -0.39 is 10.0 Å². The Kier molecular flexibility index (Phi) is 6.12. The number of piperidine rings is 1. The van der Waals surface area contributed by atoms with Crippen LogP contribution in [0.3, 0.4) is 0 Å². The van der Waals surface area contributed by atoms with Gasteiger partial charge in [-0.25, -0.2) is 12.8 Å². The highest BCUT2D eigenvalue weighted by molar-refractivity contribution is 7.89. The van der Waals surface area contributed by atoms with Gasteiger partial charge in [-0.3, -0.25) is 0 Å². The lowest BCUT2D eigenvalue weighted by atomic mass is 10.1. The second-order valence-electron chi connectivity index (χ2n) is 7.44. The zero-order valence-electron chi connectivity index (χ0n) is 16.6. The summed E-state index contributed by atoms with van der Waals surface area (Å²) in [6.45, 7) is 2.87. The molecule has 1 aromatic heterocycles. The Bertz CT molecular complexity index is 1090. The number of hydrogen-bond donors (Lipinski definition) is 1. The molecule has 0 bridgehead atoms. The number of hydrogen-bond acceptors (Lipinski definition) is 6. The van der Waals surface area contributed by atoms with Gasteiger partial charge < -0.3 is 5.32 Å². The molecule has 9 heteroatoms. The van der Waals surface area contributed by atoms with Crippen LogP contribution >= 0.6 is 11.3 Å². The molecule has 6 nitrogen and oxygen atoms in total. The summed E-state index contributed by atoms with van der Waals surface area (Å²) in [5.74, 6) is -0.255. The lowest BCUT2D eigenvalue weighted by Crippen LogP contribution is -2.42. The Balaban J connectivity index is 1.32. The third-order valence-electron chi connectivity index (χ3n) is 5.18. The Morgan fingerprint density at radius 2 is 1.73 bits per heavy atom. The molecule has 0 saturated carbocycles. The largest absolute Gasteiger partial charge is 0.357 e. The first-order valence-electron chi connectivity index (χ1n) is 9.80. The zero-order valence-corrected chi connectivity index (χ0v) is 18.2. The van der Waals surface area contributed by atoms with Crippen molar-refractivity contribution in [1.29, 1.82) is 0 Å². The van der Waals surface area contributed by atoms with E-state index in [1.807, 2.05) is 19.1 Å². The van der Waals surface area contributed by atoms with E-state index in [2.05, 4.69) is 15.5 Å². The average molecular weight is 447 g/mol. The highest BCUT2D eigenvalue weighted by Crippen LogP contribution is 2.25. The number of anilines is 1. The van der Waals surface area contributed by atoms with Crippen molar-refractivity contribution in [2.45, 2.75) is 37.1 Å². The van der Waals surface area contributed by atoms with Crippen molar-refractivity contribution in [3.05, 3.63) is 70.5 Å². The minimum atomic E-state index is -3.46. The first kappa shape index (κ1) is 20.9. The molecule has 158 valence electrons. The maximum absolute atomic E-state index is 13.0. The van der Waals surface area contributed by atoms with E-state index in [-0.39, 0.29) is 11.9 Å². The van der Waals surface area contributed by atoms with Crippen molar-refractivity contribution < 1.29 is 12.8 Å². The number of sulfonamides is 1. The molecule has 0 spiro atoms. The topological polar surface area (TPSA) is 75.2 Å². The molecule has 2 aromatic carbocycles. The maximum atomic E-state index is 13.0. The summed E-state index contributed by atoms with van der Waals surface area (Å²) in [4.78, 5) is 0.342. The number of rotatable bonds is 6. The van der Waals surface area contributed by atoms with E-state index >= 15 is 0 Å². The molecule has 0 radical (unpaired) electrons. The van der Waals surface area contributed by atoms with Gasteiger partial charge in [-0.1, -0.05) is 41.2 Å². The van der Waals surface area contributed by atoms with Crippen LogP contribution in [-0.4, -0.2) is 42.1 Å². The van der Waals surface area contributed by atoms with Crippen molar-refractivity contribution in [3.63, 3.8) is 0 Å². The first-order valence-corrected chi connectivity index (χ1v) is 12.1. The lowest BCUT2D eigenvalue weighted by Gasteiger charge is -2.31. The maximum Gasteiger partial charge on any atom is 0.243 e. The second kappa shape index (κ2) is 8.79. The molecule has 4 rings (SSSR count). The quantitative estimate of drug-likeness (QED) is 0.623. The number of nitrogens with zero attached hydrogens (tertiary/aromatic N) is 3. The van der Waals surface area contributed by atoms with Gasteiger partial charge in [0, 0.05) is 25.6 Å². The van der Waals surface area contributed by atoms with Crippen LogP contribution in [-0.2, 0) is 16.4 Å². The third-order valence-corrected chi connectivity index (χ3v) is 7.94. The number of aromatic nitrogens is 2. The summed E-state index contributed by atoms with van der Waals surface area (Å²) < 4.78 is 40.2. The fourth-order valence-corrected chi connectivity index (χ4v) is 5.76. The van der Waals surface area contributed by atoms with Crippen LogP contribution in [0, 0.1) is 12.7 Å². The predicted octanol–water partition coefficient (Wildman–Crippen LogP) is 3.84. The molecule has 1 saturated heterocycles. The van der Waals surface area contributed by atoms with Gasteiger partial charge in [-0.2, -0.15) is 4.31 Å². The van der Waals surface area contributed by atoms with Gasteiger partial charge in [0.1, 0.15) is 10.8 Å². The first-order chi connectivity index (χ1) is 14.4. The van der Waals surface area contributed by atoms with E-state index in [9.17, 15) is 12.8 Å². The highest BCUT2D eigenvalue weighted by Gasteiger charge is 2.29. The Hall–Kier alpha value is -2.36. The van der Waals surface area contributed by atoms with Crippen molar-refractivity contribution in [2.75, 3.05) is 18.4 Å². The standard InChI is InChI=1S/C21H23FN4O2S2/c1-15-2-8-19(9-3-15)30(27,28)26-12-10-18(11-13-26)23-21-25-24-20(29-21)14-16-4-6-17(22)7-5-16/h2-9,18H,10-14H2,1H3,(H,23,25). The molecule has 1 fully saturated rings. The summed E-state index contributed by atoms with van der Waals surface area (Å²) in [6, 6.07) is 13.5. The summed E-state index contributed by atoms with van der Waals surface area (Å²) in [7, 11) is -3.46. The Labute approximate surface area is 179 Å². The molecule has 3 aromatic rings. The molecule has 1 N–H and O–H groups in total. The second-order valence-corrected chi connectivity index (χ2v) is 10.4. The average Bonchev–Trinajstić information content (AvgIpc) is 3.17. The van der Waals surface area contributed by atoms with Gasteiger partial charge in [-0.05, 0) is 49.6 Å². The van der Waals surface area contributed by atoms with Gasteiger partial charge >= 0.3 is 0 Å². The molecule has 0 atom stereocenters. The minimum Gasteiger partial charge on any atom is -0.357 e. The van der Waals surface area contributed by atoms with Gasteiger partial charge in [0.05, 0.1) is 4.90 Å². The Morgan fingerprint density at radius 3 is 2.40 bits per heavy atom. The summed E-state index contributed by atoms with van der Waals surface area (Å²) in [6.07, 6.45) is 2.02. The van der Waals surface area contributed by atoms with Crippen LogP contribution in [0.15, 0.2) is 53.4 Å². The van der Waals surface area contributed by atoms with E-state index in [1.165, 1.54) is 23.5 Å². The van der Waals surface area contributed by atoms with E-state index in [0.717, 1.165) is 21.3 Å². The molecular weight excluding hydrogens is 423 g/mol. The number of nitrogens with one attached hydrogen (secondary N) is 1. The molecule has 1 aliphatic rings. The van der Waals surface area contributed by atoms with Gasteiger partial charge in [-0.15, -0.1) is 10.2 Å². The van der Waals surface area contributed by atoms with Gasteiger partial charge in [0.25, 0.3) is 0 Å². The molecule has 30 heavy (non-hydrogen) atoms. The fraction of sp³-hybridized carbons (Fsp3) is 0.333. The third kappa shape index (κ3) is 4.85. The van der Waals surface area contributed by atoms with E-state index in [1.54, 1.807) is 28.6 Å². The summed E-state index contributed by atoms with van der Waals surface area (Å²) in [5, 5.41) is 13.4. The lowest BCUT2D eigenvalue weighted by molar-refractivity contribution is 0.329. The molecule has 0 aliphatic carbocycles. The molecule has 0 amide bonds. The summed E-state index contributed by atoms with van der Waals surface area (Å²) >= 11 is 1.47. The summed E-state index contributed by atoms with van der Waals surface area (Å²) in [5.41, 5.74) is 2.02. The predicted molar refractivity (Wildman–Crippen MR) is 116 cm³/mol. The van der Waals surface area contributed by atoms with Crippen LogP contribution in [0.1, 0.15) is 29.0 Å². The molecule has 2 heterocycles. The van der Waals surface area contributed by atoms with Crippen LogP contribution in [0.25, 0.3) is 0 Å². The van der Waals surface area contributed by atoms with Crippen LogP contribution in [0.4, 0.5) is 9.52 Å². The fourth-order valence-electron chi connectivity index (χ4n) is 3.43. The number of benzene rings is 2.